The van der Waals surface area contributed by atoms with Crippen LogP contribution in [0.3, 0.4) is 0 Å². The van der Waals surface area contributed by atoms with Gasteiger partial charge in [-0.05, 0) is 72.5 Å². The highest BCUT2D eigenvalue weighted by Gasteiger charge is 2.13. The molecule has 0 saturated carbocycles. The zero-order valence-electron chi connectivity index (χ0n) is 13.3. The molecule has 0 fully saturated rings. The highest BCUT2D eigenvalue weighted by molar-refractivity contribution is 7.13. The minimum Gasteiger partial charge on any atom is -0.457 e. The molecular formula is C19H13FN2O2S. The Bertz CT molecular complexity index is 991. The zero-order valence-corrected chi connectivity index (χ0v) is 14.1. The fraction of sp³-hybridized carbons (Fsp3) is 0.0526. The van der Waals surface area contributed by atoms with E-state index >= 15 is 0 Å². The maximum Gasteiger partial charge on any atom is 0.268 e. The summed E-state index contributed by atoms with van der Waals surface area (Å²) in [4.78, 5) is 5.44. The van der Waals surface area contributed by atoms with E-state index in [4.69, 9.17) is 9.26 Å². The molecular weight excluding hydrogens is 339 g/mol. The molecule has 0 bridgehead atoms. The molecule has 0 radical (unpaired) electrons. The zero-order chi connectivity index (χ0) is 17.2. The van der Waals surface area contributed by atoms with Crippen LogP contribution in [0.4, 0.5) is 4.39 Å². The summed E-state index contributed by atoms with van der Waals surface area (Å²) in [6.07, 6.45) is 0. The van der Waals surface area contributed by atoms with Crippen LogP contribution in [-0.4, -0.2) is 10.1 Å². The summed E-state index contributed by atoms with van der Waals surface area (Å²) in [7, 11) is 0. The number of ether oxygens (including phenoxy) is 1. The van der Waals surface area contributed by atoms with E-state index in [1.54, 1.807) is 23.5 Å². The second kappa shape index (κ2) is 6.49. The number of hydrogen-bond donors (Lipinski definition) is 0. The molecule has 0 aliphatic carbocycles. The lowest BCUT2D eigenvalue weighted by molar-refractivity contribution is 0.433. The third-order valence-electron chi connectivity index (χ3n) is 3.64. The van der Waals surface area contributed by atoms with Gasteiger partial charge in [-0.3, -0.25) is 0 Å². The fourth-order valence-electron chi connectivity index (χ4n) is 2.34. The third-order valence-corrected chi connectivity index (χ3v) is 4.65. The first kappa shape index (κ1) is 15.5. The summed E-state index contributed by atoms with van der Waals surface area (Å²) in [5.41, 5.74) is 1.94. The van der Waals surface area contributed by atoms with Crippen molar-refractivity contribution >= 4 is 11.3 Å². The number of aryl methyl sites for hydroxylation is 1. The van der Waals surface area contributed by atoms with Crippen molar-refractivity contribution < 1.29 is 13.7 Å². The quantitative estimate of drug-likeness (QED) is 0.472. The Morgan fingerprint density at radius 3 is 2.28 bits per heavy atom. The van der Waals surface area contributed by atoms with E-state index < -0.39 is 0 Å². The number of thiophene rings is 1. The molecule has 4 aromatic rings. The van der Waals surface area contributed by atoms with Crippen LogP contribution in [0.15, 0.2) is 64.5 Å². The molecule has 25 heavy (non-hydrogen) atoms. The average Bonchev–Trinajstić information content (AvgIpc) is 3.26. The van der Waals surface area contributed by atoms with Gasteiger partial charge in [-0.2, -0.15) is 4.98 Å². The van der Waals surface area contributed by atoms with Gasteiger partial charge in [0.25, 0.3) is 5.89 Å². The Morgan fingerprint density at radius 2 is 1.64 bits per heavy atom. The van der Waals surface area contributed by atoms with Crippen molar-refractivity contribution in [2.24, 2.45) is 0 Å². The monoisotopic (exact) mass is 352 g/mol. The van der Waals surface area contributed by atoms with Crippen molar-refractivity contribution in [3.05, 3.63) is 71.4 Å². The Morgan fingerprint density at radius 1 is 0.960 bits per heavy atom. The largest absolute Gasteiger partial charge is 0.457 e. The van der Waals surface area contributed by atoms with Gasteiger partial charge in [0.2, 0.25) is 5.82 Å². The molecule has 124 valence electrons. The van der Waals surface area contributed by atoms with Crippen molar-refractivity contribution in [2.45, 2.75) is 6.92 Å². The highest BCUT2D eigenvalue weighted by Crippen LogP contribution is 2.30. The SMILES string of the molecule is Cc1ccsc1-c1nc(-c2ccc(Oc3ccc(F)cc3)cc2)no1. The van der Waals surface area contributed by atoms with E-state index in [1.807, 2.05) is 42.6 Å². The Labute approximate surface area is 147 Å². The molecule has 4 nitrogen and oxygen atoms in total. The van der Waals surface area contributed by atoms with Crippen molar-refractivity contribution in [1.82, 2.24) is 10.1 Å². The predicted octanol–water partition coefficient (Wildman–Crippen LogP) is 5.70. The Kier molecular flexibility index (Phi) is 4.03. The Balaban J connectivity index is 1.53. The molecule has 0 aliphatic heterocycles. The number of halogens is 1. The maximum absolute atomic E-state index is 12.9. The third kappa shape index (κ3) is 3.29. The van der Waals surface area contributed by atoms with Crippen molar-refractivity contribution in [3.63, 3.8) is 0 Å². The van der Waals surface area contributed by atoms with Gasteiger partial charge in [-0.15, -0.1) is 11.3 Å². The van der Waals surface area contributed by atoms with Crippen LogP contribution in [0.2, 0.25) is 0 Å². The number of rotatable bonds is 4. The van der Waals surface area contributed by atoms with Crippen molar-refractivity contribution in [1.29, 1.82) is 0 Å². The van der Waals surface area contributed by atoms with Crippen LogP contribution in [0.25, 0.3) is 22.2 Å². The first-order valence-corrected chi connectivity index (χ1v) is 8.49. The number of aromatic nitrogens is 2. The lowest BCUT2D eigenvalue weighted by Gasteiger charge is -2.05. The molecule has 0 amide bonds. The molecule has 0 N–H and O–H groups in total. The summed E-state index contributed by atoms with van der Waals surface area (Å²) >= 11 is 1.57. The molecule has 0 unspecified atom stereocenters. The van der Waals surface area contributed by atoms with Crippen molar-refractivity contribution in [2.75, 3.05) is 0 Å². The number of benzene rings is 2. The van der Waals surface area contributed by atoms with Gasteiger partial charge in [0.15, 0.2) is 0 Å². The van der Waals surface area contributed by atoms with Crippen LogP contribution in [0, 0.1) is 12.7 Å². The smallest absolute Gasteiger partial charge is 0.268 e. The van der Waals surface area contributed by atoms with Gasteiger partial charge in [-0.1, -0.05) is 5.16 Å². The minimum absolute atomic E-state index is 0.295. The van der Waals surface area contributed by atoms with Gasteiger partial charge < -0.3 is 9.26 Å². The van der Waals surface area contributed by atoms with E-state index in [1.165, 1.54) is 12.1 Å². The van der Waals surface area contributed by atoms with Crippen LogP contribution >= 0.6 is 11.3 Å². The lowest BCUT2D eigenvalue weighted by atomic mass is 10.2. The second-order valence-electron chi connectivity index (χ2n) is 5.44. The van der Waals surface area contributed by atoms with Crippen LogP contribution in [0.5, 0.6) is 11.5 Å². The van der Waals surface area contributed by atoms with Gasteiger partial charge in [-0.25, -0.2) is 4.39 Å². The van der Waals surface area contributed by atoms with E-state index in [0.29, 0.717) is 23.2 Å². The minimum atomic E-state index is -0.295. The van der Waals surface area contributed by atoms with Crippen LogP contribution < -0.4 is 4.74 Å². The molecule has 0 atom stereocenters. The second-order valence-corrected chi connectivity index (χ2v) is 6.35. The molecule has 2 aromatic carbocycles. The lowest BCUT2D eigenvalue weighted by Crippen LogP contribution is -1.86. The standard InChI is InChI=1S/C19H13FN2O2S/c1-12-10-11-25-17(12)19-21-18(22-24-19)13-2-6-15(7-3-13)23-16-8-4-14(20)5-9-16/h2-11H,1H3. The fourth-order valence-corrected chi connectivity index (χ4v) is 3.18. The molecule has 0 spiro atoms. The van der Waals surface area contributed by atoms with Crippen LogP contribution in [-0.2, 0) is 0 Å². The van der Waals surface area contributed by atoms with E-state index in [9.17, 15) is 4.39 Å². The first-order valence-electron chi connectivity index (χ1n) is 7.61. The average molecular weight is 352 g/mol. The molecule has 0 aliphatic rings. The number of nitrogens with zero attached hydrogens (tertiary/aromatic N) is 2. The van der Waals surface area contributed by atoms with Gasteiger partial charge in [0.05, 0.1) is 4.88 Å². The predicted molar refractivity (Wildman–Crippen MR) is 94.3 cm³/mol. The highest BCUT2D eigenvalue weighted by atomic mass is 32.1. The van der Waals surface area contributed by atoms with E-state index in [0.717, 1.165) is 16.0 Å². The summed E-state index contributed by atoms with van der Waals surface area (Å²) in [6.45, 7) is 2.01. The summed E-state index contributed by atoms with van der Waals surface area (Å²) in [5, 5.41) is 6.04. The van der Waals surface area contributed by atoms with Crippen LogP contribution in [0.1, 0.15) is 5.56 Å². The van der Waals surface area contributed by atoms with E-state index in [2.05, 4.69) is 10.1 Å². The first-order chi connectivity index (χ1) is 12.2. The molecule has 0 saturated heterocycles. The van der Waals surface area contributed by atoms with Gasteiger partial charge in [0, 0.05) is 5.56 Å². The summed E-state index contributed by atoms with van der Waals surface area (Å²) in [6, 6.07) is 15.2. The molecule has 4 rings (SSSR count). The van der Waals surface area contributed by atoms with Gasteiger partial charge in [0.1, 0.15) is 17.3 Å². The van der Waals surface area contributed by atoms with Crippen molar-refractivity contribution in [3.8, 4) is 33.7 Å². The maximum atomic E-state index is 12.9. The Hall–Kier alpha value is -2.99. The summed E-state index contributed by atoms with van der Waals surface area (Å²) in [5.74, 6) is 1.97. The molecule has 2 heterocycles. The topological polar surface area (TPSA) is 48.2 Å². The normalized spacial score (nSPS) is 10.8. The summed E-state index contributed by atoms with van der Waals surface area (Å²) < 4.78 is 24.0. The molecule has 2 aromatic heterocycles. The van der Waals surface area contributed by atoms with Gasteiger partial charge >= 0.3 is 0 Å². The molecule has 6 heteroatoms. The number of hydrogen-bond acceptors (Lipinski definition) is 5. The van der Waals surface area contributed by atoms with E-state index in [-0.39, 0.29) is 5.82 Å².